The average Bonchev–Trinajstić information content (AvgIpc) is 2.34. The van der Waals surface area contributed by atoms with Gasteiger partial charge >= 0.3 is 5.69 Å². The van der Waals surface area contributed by atoms with Crippen LogP contribution in [0.3, 0.4) is 0 Å². The smallest absolute Gasteiger partial charge is 0.311 e. The van der Waals surface area contributed by atoms with Crippen molar-refractivity contribution in [3.05, 3.63) is 58.1 Å². The monoisotopic (exact) mass is 244 g/mol. The Bertz CT molecular complexity index is 597. The van der Waals surface area contributed by atoms with E-state index < -0.39 is 4.92 Å². The highest BCUT2D eigenvalue weighted by atomic mass is 16.6. The number of anilines is 1. The van der Waals surface area contributed by atoms with Gasteiger partial charge < -0.3 is 10.5 Å². The molecule has 0 aliphatic heterocycles. The summed E-state index contributed by atoms with van der Waals surface area (Å²) in [7, 11) is 0. The normalized spacial score (nSPS) is 10.1. The summed E-state index contributed by atoms with van der Waals surface area (Å²) in [5.41, 5.74) is 6.81. The Morgan fingerprint density at radius 3 is 2.56 bits per heavy atom. The van der Waals surface area contributed by atoms with E-state index in [0.29, 0.717) is 17.0 Å². The molecule has 0 radical (unpaired) electrons. The van der Waals surface area contributed by atoms with Gasteiger partial charge in [0.2, 0.25) is 5.75 Å². The van der Waals surface area contributed by atoms with Crippen LogP contribution in [-0.4, -0.2) is 4.92 Å². The number of hydrogen-bond acceptors (Lipinski definition) is 4. The minimum Gasteiger partial charge on any atom is -0.448 e. The number of nitrogens with zero attached hydrogens (tertiary/aromatic N) is 1. The van der Waals surface area contributed by atoms with Gasteiger partial charge in [-0.15, -0.1) is 0 Å². The van der Waals surface area contributed by atoms with Crippen molar-refractivity contribution < 1.29 is 9.66 Å². The molecule has 92 valence electrons. The van der Waals surface area contributed by atoms with Crippen LogP contribution in [0.5, 0.6) is 11.5 Å². The lowest BCUT2D eigenvalue weighted by molar-refractivity contribution is -0.385. The second-order valence-electron chi connectivity index (χ2n) is 3.82. The van der Waals surface area contributed by atoms with Crippen LogP contribution >= 0.6 is 0 Å². The van der Waals surface area contributed by atoms with Crippen LogP contribution in [0.2, 0.25) is 0 Å². The summed E-state index contributed by atoms with van der Waals surface area (Å²) in [5.74, 6) is 0.635. The molecule has 2 rings (SSSR count). The van der Waals surface area contributed by atoms with Crippen LogP contribution in [-0.2, 0) is 0 Å². The third kappa shape index (κ3) is 2.24. The fourth-order valence-corrected chi connectivity index (χ4v) is 1.60. The van der Waals surface area contributed by atoms with Crippen molar-refractivity contribution in [2.45, 2.75) is 6.92 Å². The van der Waals surface area contributed by atoms with E-state index in [-0.39, 0.29) is 11.4 Å². The predicted molar refractivity (Wildman–Crippen MR) is 68.8 cm³/mol. The number of rotatable bonds is 3. The van der Waals surface area contributed by atoms with Crippen molar-refractivity contribution in [3.8, 4) is 11.5 Å². The van der Waals surface area contributed by atoms with Gasteiger partial charge in [-0.3, -0.25) is 10.1 Å². The topological polar surface area (TPSA) is 78.4 Å². The van der Waals surface area contributed by atoms with Crippen LogP contribution in [0.1, 0.15) is 5.56 Å². The number of para-hydroxylation sites is 3. The molecule has 0 fully saturated rings. The van der Waals surface area contributed by atoms with Crippen molar-refractivity contribution in [2.75, 3.05) is 5.73 Å². The number of ether oxygens (including phenoxy) is 1. The molecule has 0 saturated carbocycles. The molecule has 2 aromatic rings. The molecule has 2 aromatic carbocycles. The van der Waals surface area contributed by atoms with Gasteiger partial charge in [-0.25, -0.2) is 0 Å². The second-order valence-corrected chi connectivity index (χ2v) is 3.82. The summed E-state index contributed by atoms with van der Waals surface area (Å²) in [5, 5.41) is 10.9. The number of nitro benzene ring substituents is 1. The Balaban J connectivity index is 2.46. The quantitative estimate of drug-likeness (QED) is 0.510. The van der Waals surface area contributed by atoms with Crippen molar-refractivity contribution in [1.82, 2.24) is 0 Å². The summed E-state index contributed by atoms with van der Waals surface area (Å²) < 4.78 is 5.57. The van der Waals surface area contributed by atoms with Gasteiger partial charge in [0.25, 0.3) is 0 Å². The Morgan fingerprint density at radius 2 is 1.89 bits per heavy atom. The lowest BCUT2D eigenvalue weighted by Gasteiger charge is -2.10. The first-order chi connectivity index (χ1) is 8.59. The first-order valence-corrected chi connectivity index (χ1v) is 5.36. The van der Waals surface area contributed by atoms with Gasteiger partial charge in [0.15, 0.2) is 5.75 Å². The standard InChI is InChI=1S/C13H12N2O3/c1-9-5-4-7-11(15(16)17)13(9)18-12-8-3-2-6-10(12)14/h2-8H,14H2,1H3. The van der Waals surface area contributed by atoms with E-state index in [1.54, 1.807) is 43.3 Å². The Kier molecular flexibility index (Phi) is 3.14. The highest BCUT2D eigenvalue weighted by Crippen LogP contribution is 2.36. The predicted octanol–water partition coefficient (Wildman–Crippen LogP) is 3.28. The molecule has 0 aromatic heterocycles. The van der Waals surface area contributed by atoms with E-state index in [4.69, 9.17) is 10.5 Å². The van der Waals surface area contributed by atoms with Crippen molar-refractivity contribution >= 4 is 11.4 Å². The van der Waals surface area contributed by atoms with Gasteiger partial charge in [0, 0.05) is 6.07 Å². The molecule has 0 unspecified atom stereocenters. The summed E-state index contributed by atoms with van der Waals surface area (Å²) >= 11 is 0. The molecule has 0 amide bonds. The van der Waals surface area contributed by atoms with Gasteiger partial charge in [-0.2, -0.15) is 0 Å². The van der Waals surface area contributed by atoms with Crippen LogP contribution in [0.25, 0.3) is 0 Å². The molecule has 0 saturated heterocycles. The van der Waals surface area contributed by atoms with E-state index in [0.717, 1.165) is 0 Å². The molecule has 0 aliphatic rings. The van der Waals surface area contributed by atoms with E-state index in [2.05, 4.69) is 0 Å². The van der Waals surface area contributed by atoms with Gasteiger partial charge in [0.1, 0.15) is 0 Å². The van der Waals surface area contributed by atoms with Gasteiger partial charge in [0.05, 0.1) is 10.6 Å². The maximum Gasteiger partial charge on any atom is 0.311 e. The van der Waals surface area contributed by atoms with Crippen LogP contribution < -0.4 is 10.5 Å². The molecule has 0 bridgehead atoms. The van der Waals surface area contributed by atoms with Crippen LogP contribution in [0.4, 0.5) is 11.4 Å². The Morgan fingerprint density at radius 1 is 1.17 bits per heavy atom. The number of nitro groups is 1. The van der Waals surface area contributed by atoms with Crippen LogP contribution in [0.15, 0.2) is 42.5 Å². The third-order valence-corrected chi connectivity index (χ3v) is 2.52. The minimum atomic E-state index is -0.471. The van der Waals surface area contributed by atoms with Crippen molar-refractivity contribution in [3.63, 3.8) is 0 Å². The molecular formula is C13H12N2O3. The summed E-state index contributed by atoms with van der Waals surface area (Å²) in [6, 6.07) is 11.7. The first-order valence-electron chi connectivity index (χ1n) is 5.36. The fourth-order valence-electron chi connectivity index (χ4n) is 1.60. The number of hydrogen-bond donors (Lipinski definition) is 1. The Hall–Kier alpha value is -2.56. The minimum absolute atomic E-state index is 0.0711. The zero-order valence-corrected chi connectivity index (χ0v) is 9.79. The summed E-state index contributed by atoms with van der Waals surface area (Å²) in [4.78, 5) is 10.5. The SMILES string of the molecule is Cc1cccc([N+](=O)[O-])c1Oc1ccccc1N. The Labute approximate surface area is 104 Å². The van der Waals surface area contributed by atoms with Crippen LogP contribution in [0, 0.1) is 17.0 Å². The lowest BCUT2D eigenvalue weighted by Crippen LogP contribution is -1.97. The van der Waals surface area contributed by atoms with E-state index >= 15 is 0 Å². The largest absolute Gasteiger partial charge is 0.448 e. The molecule has 0 atom stereocenters. The molecular weight excluding hydrogens is 232 g/mol. The molecule has 0 heterocycles. The molecule has 5 heteroatoms. The second kappa shape index (κ2) is 4.75. The molecule has 0 aliphatic carbocycles. The summed E-state index contributed by atoms with van der Waals surface area (Å²) in [6.07, 6.45) is 0. The third-order valence-electron chi connectivity index (χ3n) is 2.52. The van der Waals surface area contributed by atoms with Crippen molar-refractivity contribution in [2.24, 2.45) is 0 Å². The fraction of sp³-hybridized carbons (Fsp3) is 0.0769. The zero-order chi connectivity index (χ0) is 13.1. The van der Waals surface area contributed by atoms with E-state index in [1.807, 2.05) is 0 Å². The molecule has 18 heavy (non-hydrogen) atoms. The summed E-state index contributed by atoms with van der Waals surface area (Å²) in [6.45, 7) is 1.75. The highest BCUT2D eigenvalue weighted by molar-refractivity contribution is 5.58. The highest BCUT2D eigenvalue weighted by Gasteiger charge is 2.18. The van der Waals surface area contributed by atoms with Gasteiger partial charge in [-0.1, -0.05) is 24.3 Å². The number of nitrogen functional groups attached to an aromatic ring is 1. The lowest BCUT2D eigenvalue weighted by atomic mass is 10.2. The first kappa shape index (κ1) is 11.9. The van der Waals surface area contributed by atoms with Crippen molar-refractivity contribution in [1.29, 1.82) is 0 Å². The number of benzene rings is 2. The zero-order valence-electron chi connectivity index (χ0n) is 9.79. The van der Waals surface area contributed by atoms with Gasteiger partial charge in [-0.05, 0) is 24.6 Å². The number of nitrogens with two attached hydrogens (primary N) is 1. The molecule has 5 nitrogen and oxygen atoms in total. The van der Waals surface area contributed by atoms with E-state index in [9.17, 15) is 10.1 Å². The molecule has 0 spiro atoms. The number of aryl methyl sites for hydroxylation is 1. The van der Waals surface area contributed by atoms with E-state index in [1.165, 1.54) is 6.07 Å². The average molecular weight is 244 g/mol. The maximum atomic E-state index is 10.9. The molecule has 2 N–H and O–H groups in total. The maximum absolute atomic E-state index is 10.9.